The Morgan fingerprint density at radius 2 is 2.11 bits per heavy atom. The van der Waals surface area contributed by atoms with Crippen molar-refractivity contribution in [3.8, 4) is 0 Å². The van der Waals surface area contributed by atoms with Crippen molar-refractivity contribution < 1.29 is 13.9 Å². The molecule has 108 valence electrons. The van der Waals surface area contributed by atoms with Crippen molar-refractivity contribution in [1.29, 1.82) is 0 Å². The van der Waals surface area contributed by atoms with E-state index in [0.29, 0.717) is 18.6 Å². The van der Waals surface area contributed by atoms with Crippen LogP contribution in [0, 0.1) is 0 Å². The average molecular weight is 270 g/mol. The molecule has 4 nitrogen and oxygen atoms in total. The molecule has 2 saturated heterocycles. The second kappa shape index (κ2) is 5.10. The first-order valence-electron chi connectivity index (χ1n) is 6.94. The summed E-state index contributed by atoms with van der Waals surface area (Å²) in [4.78, 5) is 17.9. The monoisotopic (exact) mass is 270 g/mol. The summed E-state index contributed by atoms with van der Waals surface area (Å²) in [5.41, 5.74) is 0.0468. The van der Waals surface area contributed by atoms with Gasteiger partial charge < -0.3 is 4.74 Å². The summed E-state index contributed by atoms with van der Waals surface area (Å²) in [6.45, 7) is 5.49. The van der Waals surface area contributed by atoms with E-state index < -0.39 is 17.8 Å². The maximum Gasteiger partial charge on any atom is 0.410 e. The predicted molar refractivity (Wildman–Crippen MR) is 72.4 cm³/mol. The Hall–Kier alpha value is -1.13. The number of carbonyl (C=O) groups excluding carboxylic acids is 1. The largest absolute Gasteiger partial charge is 0.444 e. The van der Waals surface area contributed by atoms with Gasteiger partial charge in [0.05, 0.1) is 11.8 Å². The van der Waals surface area contributed by atoms with E-state index in [4.69, 9.17) is 4.74 Å². The SMILES string of the molecule is CN=C1CC2CCC[C@H]([C@H]1F)N2C(=O)OC(C)(C)C. The third kappa shape index (κ3) is 2.90. The minimum atomic E-state index is -1.14. The third-order valence-electron chi connectivity index (χ3n) is 3.78. The number of aliphatic imine (C=N–C) groups is 1. The lowest BCUT2D eigenvalue weighted by molar-refractivity contribution is -0.0188. The van der Waals surface area contributed by atoms with Crippen molar-refractivity contribution in [2.45, 2.75) is 70.3 Å². The first-order chi connectivity index (χ1) is 8.83. The molecule has 2 bridgehead atoms. The van der Waals surface area contributed by atoms with Gasteiger partial charge in [-0.05, 0) is 40.0 Å². The first kappa shape index (κ1) is 14.3. The van der Waals surface area contributed by atoms with Crippen LogP contribution in [-0.2, 0) is 4.74 Å². The van der Waals surface area contributed by atoms with Gasteiger partial charge in [0.25, 0.3) is 0 Å². The topological polar surface area (TPSA) is 41.9 Å². The standard InChI is InChI=1S/C14H23FN2O2/c1-14(2,3)19-13(18)17-9-6-5-7-11(17)12(15)10(8-9)16-4/h9,11-12H,5-8H2,1-4H3/t9?,11-,12+/m1/s1. The predicted octanol–water partition coefficient (Wildman–Crippen LogP) is 2.96. The van der Waals surface area contributed by atoms with Crippen LogP contribution >= 0.6 is 0 Å². The van der Waals surface area contributed by atoms with Crippen LogP contribution in [0.2, 0.25) is 0 Å². The molecule has 0 aromatic carbocycles. The van der Waals surface area contributed by atoms with Gasteiger partial charge in [-0.2, -0.15) is 0 Å². The molecule has 0 saturated carbocycles. The van der Waals surface area contributed by atoms with Crippen molar-refractivity contribution in [3.63, 3.8) is 0 Å². The van der Waals surface area contributed by atoms with Crippen LogP contribution in [0.25, 0.3) is 0 Å². The molecule has 0 radical (unpaired) electrons. The molecular weight excluding hydrogens is 247 g/mol. The van der Waals surface area contributed by atoms with E-state index in [-0.39, 0.29) is 12.1 Å². The van der Waals surface area contributed by atoms with E-state index in [0.717, 1.165) is 12.8 Å². The van der Waals surface area contributed by atoms with E-state index in [1.165, 1.54) is 0 Å². The molecule has 0 spiro atoms. The Morgan fingerprint density at radius 3 is 2.68 bits per heavy atom. The lowest BCUT2D eigenvalue weighted by Gasteiger charge is -2.47. The number of hydrogen-bond donors (Lipinski definition) is 0. The van der Waals surface area contributed by atoms with E-state index in [9.17, 15) is 9.18 Å². The van der Waals surface area contributed by atoms with Crippen LogP contribution in [-0.4, -0.2) is 47.6 Å². The highest BCUT2D eigenvalue weighted by Gasteiger charge is 2.46. The molecule has 2 aliphatic heterocycles. The Kier molecular flexibility index (Phi) is 3.83. The summed E-state index contributed by atoms with van der Waals surface area (Å²) in [5, 5.41) is 0. The Labute approximate surface area is 114 Å². The molecule has 2 heterocycles. The van der Waals surface area contributed by atoms with Crippen LogP contribution in [0.5, 0.6) is 0 Å². The summed E-state index contributed by atoms with van der Waals surface area (Å²) in [6.07, 6.45) is 1.56. The van der Waals surface area contributed by atoms with Crippen molar-refractivity contribution in [2.75, 3.05) is 7.05 Å². The van der Waals surface area contributed by atoms with Gasteiger partial charge in [0.15, 0.2) is 6.17 Å². The molecule has 19 heavy (non-hydrogen) atoms. The quantitative estimate of drug-likeness (QED) is 0.679. The zero-order valence-corrected chi connectivity index (χ0v) is 12.1. The number of alkyl halides is 1. The first-order valence-corrected chi connectivity index (χ1v) is 6.94. The van der Waals surface area contributed by atoms with E-state index >= 15 is 0 Å². The van der Waals surface area contributed by atoms with Gasteiger partial charge in [0.2, 0.25) is 0 Å². The van der Waals surface area contributed by atoms with Crippen LogP contribution < -0.4 is 0 Å². The zero-order chi connectivity index (χ0) is 14.2. The number of carbonyl (C=O) groups is 1. The van der Waals surface area contributed by atoms with E-state index in [1.54, 1.807) is 11.9 Å². The van der Waals surface area contributed by atoms with E-state index in [2.05, 4.69) is 4.99 Å². The van der Waals surface area contributed by atoms with Crippen molar-refractivity contribution in [1.82, 2.24) is 4.90 Å². The molecule has 5 heteroatoms. The molecule has 1 amide bonds. The van der Waals surface area contributed by atoms with Gasteiger partial charge in [0, 0.05) is 19.5 Å². The highest BCUT2D eigenvalue weighted by Crippen LogP contribution is 2.35. The Balaban J connectivity index is 2.19. The second-order valence-corrected chi connectivity index (χ2v) is 6.36. The summed E-state index contributed by atoms with van der Waals surface area (Å²) in [7, 11) is 1.63. The maximum atomic E-state index is 14.4. The number of hydrogen-bond acceptors (Lipinski definition) is 3. The summed E-state index contributed by atoms with van der Waals surface area (Å²) < 4.78 is 19.8. The molecule has 3 atom stereocenters. The van der Waals surface area contributed by atoms with Gasteiger partial charge in [-0.25, -0.2) is 9.18 Å². The lowest BCUT2D eigenvalue weighted by atomic mass is 9.82. The second-order valence-electron chi connectivity index (χ2n) is 6.36. The minimum absolute atomic E-state index is 0.0410. The summed E-state index contributed by atoms with van der Waals surface area (Å²) >= 11 is 0. The van der Waals surface area contributed by atoms with Crippen LogP contribution in [0.15, 0.2) is 4.99 Å². The number of piperidine rings is 2. The number of halogens is 1. The van der Waals surface area contributed by atoms with Gasteiger partial charge in [-0.15, -0.1) is 0 Å². The fourth-order valence-corrected chi connectivity index (χ4v) is 2.99. The molecule has 0 aliphatic carbocycles. The molecule has 2 aliphatic rings. The van der Waals surface area contributed by atoms with Gasteiger partial charge in [-0.1, -0.05) is 0 Å². The van der Waals surface area contributed by atoms with Gasteiger partial charge in [0.1, 0.15) is 5.60 Å². The molecule has 0 aromatic rings. The number of nitrogens with zero attached hydrogens (tertiary/aromatic N) is 2. The zero-order valence-electron chi connectivity index (χ0n) is 12.1. The van der Waals surface area contributed by atoms with Crippen LogP contribution in [0.3, 0.4) is 0 Å². The number of fused-ring (bicyclic) bond motifs is 2. The normalized spacial score (nSPS) is 33.4. The number of rotatable bonds is 0. The van der Waals surface area contributed by atoms with Crippen molar-refractivity contribution in [3.05, 3.63) is 0 Å². The van der Waals surface area contributed by atoms with Crippen LogP contribution in [0.4, 0.5) is 9.18 Å². The molecule has 0 aromatic heterocycles. The number of ether oxygens (including phenoxy) is 1. The maximum absolute atomic E-state index is 14.4. The highest BCUT2D eigenvalue weighted by molar-refractivity contribution is 5.92. The Morgan fingerprint density at radius 1 is 1.42 bits per heavy atom. The summed E-state index contributed by atoms with van der Waals surface area (Å²) in [6, 6.07) is -0.361. The Bertz CT molecular complexity index is 389. The van der Waals surface area contributed by atoms with Crippen molar-refractivity contribution >= 4 is 11.8 Å². The van der Waals surface area contributed by atoms with Crippen molar-refractivity contribution in [2.24, 2.45) is 4.99 Å². The smallest absolute Gasteiger partial charge is 0.410 e. The lowest BCUT2D eigenvalue weighted by Crippen LogP contribution is -2.61. The third-order valence-corrected chi connectivity index (χ3v) is 3.78. The fraction of sp³-hybridized carbons (Fsp3) is 0.857. The molecule has 2 rings (SSSR count). The average Bonchev–Trinajstić information content (AvgIpc) is 2.31. The molecular formula is C14H23FN2O2. The minimum Gasteiger partial charge on any atom is -0.444 e. The molecule has 0 N–H and O–H groups in total. The molecule has 1 unspecified atom stereocenters. The molecule has 2 fully saturated rings. The van der Waals surface area contributed by atoms with E-state index in [1.807, 2.05) is 20.8 Å². The van der Waals surface area contributed by atoms with Gasteiger partial charge >= 0.3 is 6.09 Å². The van der Waals surface area contributed by atoms with Gasteiger partial charge in [-0.3, -0.25) is 9.89 Å². The summed E-state index contributed by atoms with van der Waals surface area (Å²) in [5.74, 6) is 0. The van der Waals surface area contributed by atoms with Crippen LogP contribution in [0.1, 0.15) is 46.5 Å². The number of amides is 1. The highest BCUT2D eigenvalue weighted by atomic mass is 19.1. The fourth-order valence-electron chi connectivity index (χ4n) is 2.99.